The molecule has 0 spiro atoms. The molecule has 0 saturated heterocycles. The van der Waals surface area contributed by atoms with E-state index < -0.39 is 12.2 Å². The summed E-state index contributed by atoms with van der Waals surface area (Å²) < 4.78 is 17.0. The largest absolute Gasteiger partial charge is 0.459 e. The van der Waals surface area contributed by atoms with Crippen LogP contribution in [0.3, 0.4) is 0 Å². The minimum atomic E-state index is -0.866. The van der Waals surface area contributed by atoms with Gasteiger partial charge in [0.1, 0.15) is 5.75 Å². The predicted molar refractivity (Wildman–Crippen MR) is 87.0 cm³/mol. The Bertz CT molecular complexity index is 816. The monoisotopic (exact) mass is 392 g/mol. The molecule has 0 saturated carbocycles. The van der Waals surface area contributed by atoms with Gasteiger partial charge in [-0.15, -0.1) is 5.10 Å². The molecule has 1 aliphatic rings. The second-order valence-electron chi connectivity index (χ2n) is 4.99. The van der Waals surface area contributed by atoms with E-state index in [-0.39, 0.29) is 17.6 Å². The number of hydrazone groups is 1. The van der Waals surface area contributed by atoms with Crippen molar-refractivity contribution in [2.45, 2.75) is 20.1 Å². The van der Waals surface area contributed by atoms with Crippen LogP contribution in [0.25, 0.3) is 0 Å². The molecule has 8 heteroatoms. The van der Waals surface area contributed by atoms with Gasteiger partial charge in [-0.25, -0.2) is 0 Å². The molecule has 1 aromatic carbocycles. The van der Waals surface area contributed by atoms with Gasteiger partial charge < -0.3 is 13.9 Å². The molecule has 1 aliphatic heterocycles. The summed E-state index contributed by atoms with van der Waals surface area (Å²) in [5.41, 5.74) is 0.486. The Morgan fingerprint density at radius 2 is 2.08 bits per heavy atom. The number of nitrogens with zero attached hydrogens (tertiary/aromatic N) is 2. The van der Waals surface area contributed by atoms with Gasteiger partial charge in [-0.2, -0.15) is 5.01 Å². The molecule has 0 aliphatic carbocycles. The van der Waals surface area contributed by atoms with Gasteiger partial charge in [0.25, 0.3) is 5.90 Å². The number of esters is 1. The van der Waals surface area contributed by atoms with Crippen LogP contribution in [0.4, 0.5) is 0 Å². The van der Waals surface area contributed by atoms with E-state index in [0.29, 0.717) is 11.3 Å². The summed E-state index contributed by atoms with van der Waals surface area (Å²) in [4.78, 5) is 23.3. The van der Waals surface area contributed by atoms with Crippen LogP contribution in [0.1, 0.15) is 31.4 Å². The van der Waals surface area contributed by atoms with Gasteiger partial charge in [-0.1, -0.05) is 15.9 Å². The molecule has 2 aromatic rings. The molecule has 0 N–H and O–H groups in total. The zero-order chi connectivity index (χ0) is 17.3. The van der Waals surface area contributed by atoms with Crippen LogP contribution < -0.4 is 4.74 Å². The second-order valence-corrected chi connectivity index (χ2v) is 5.91. The first-order valence-corrected chi connectivity index (χ1v) is 7.82. The summed E-state index contributed by atoms with van der Waals surface area (Å²) in [6, 6.07) is 8.42. The highest BCUT2D eigenvalue weighted by atomic mass is 79.9. The van der Waals surface area contributed by atoms with Gasteiger partial charge in [0.15, 0.2) is 5.76 Å². The Labute approximate surface area is 146 Å². The third-order valence-corrected chi connectivity index (χ3v) is 3.68. The van der Waals surface area contributed by atoms with Gasteiger partial charge in [0.2, 0.25) is 12.1 Å². The zero-order valence-corrected chi connectivity index (χ0v) is 14.4. The van der Waals surface area contributed by atoms with Gasteiger partial charge >= 0.3 is 5.97 Å². The number of ether oxygens (including phenoxy) is 2. The molecule has 24 heavy (non-hydrogen) atoms. The quantitative estimate of drug-likeness (QED) is 0.591. The molecule has 1 atom stereocenters. The number of hydrogen-bond donors (Lipinski definition) is 0. The van der Waals surface area contributed by atoms with Gasteiger partial charge in [-0.3, -0.25) is 9.59 Å². The van der Waals surface area contributed by atoms with Crippen molar-refractivity contribution in [3.63, 3.8) is 0 Å². The Morgan fingerprint density at radius 3 is 2.71 bits per heavy atom. The number of carbonyl (C=O) groups is 2. The molecule has 2 heterocycles. The molecule has 7 nitrogen and oxygen atoms in total. The number of furan rings is 1. The Morgan fingerprint density at radius 1 is 1.29 bits per heavy atom. The van der Waals surface area contributed by atoms with Crippen LogP contribution in [0.2, 0.25) is 0 Å². The third-order valence-electron chi connectivity index (χ3n) is 3.19. The Kier molecular flexibility index (Phi) is 4.39. The number of carbonyl (C=O) groups excluding carboxylic acids is 2. The summed E-state index contributed by atoms with van der Waals surface area (Å²) in [5, 5.41) is 5.34. The fourth-order valence-electron chi connectivity index (χ4n) is 2.23. The maximum absolute atomic E-state index is 12.0. The number of rotatable bonds is 3. The number of hydrogen-bond acceptors (Lipinski definition) is 6. The van der Waals surface area contributed by atoms with Gasteiger partial charge in [0, 0.05) is 18.3 Å². The maximum atomic E-state index is 12.0. The fraction of sp³-hybridized carbons (Fsp3) is 0.188. The standard InChI is InChI=1S/C16H13BrN2O5/c1-9(20)19-16(24-15(18-19)14-4-3-7-22-14)12-8-11(17)5-6-13(12)23-10(2)21/h3-8,16H,1-2H3/t16-/m1/s1. The predicted octanol–water partition coefficient (Wildman–Crippen LogP) is 3.21. The first-order chi connectivity index (χ1) is 11.5. The summed E-state index contributed by atoms with van der Waals surface area (Å²) in [6.07, 6.45) is 0.616. The van der Waals surface area contributed by atoms with Gasteiger partial charge in [-0.05, 0) is 30.3 Å². The first-order valence-electron chi connectivity index (χ1n) is 7.02. The number of halogens is 1. The van der Waals surface area contributed by atoms with E-state index >= 15 is 0 Å². The summed E-state index contributed by atoms with van der Waals surface area (Å²) in [7, 11) is 0. The topological polar surface area (TPSA) is 81.3 Å². The van der Waals surface area contributed by atoms with E-state index in [1.807, 2.05) is 0 Å². The molecule has 0 bridgehead atoms. The van der Waals surface area contributed by atoms with Gasteiger partial charge in [0.05, 0.1) is 11.8 Å². The van der Waals surface area contributed by atoms with E-state index in [2.05, 4.69) is 21.0 Å². The lowest BCUT2D eigenvalue weighted by Crippen LogP contribution is -2.26. The Balaban J connectivity index is 2.01. The molecule has 3 rings (SSSR count). The van der Waals surface area contributed by atoms with Crippen molar-refractivity contribution in [2.24, 2.45) is 5.10 Å². The van der Waals surface area contributed by atoms with Crippen LogP contribution in [0, 0.1) is 0 Å². The average molecular weight is 393 g/mol. The van der Waals surface area contributed by atoms with E-state index in [9.17, 15) is 9.59 Å². The fourth-order valence-corrected chi connectivity index (χ4v) is 2.61. The number of benzene rings is 1. The molecule has 124 valence electrons. The lowest BCUT2D eigenvalue weighted by atomic mass is 10.1. The SMILES string of the molecule is CC(=O)Oc1ccc(Br)cc1[C@H]1OC(c2ccco2)=NN1C(C)=O. The van der Waals surface area contributed by atoms with Crippen LogP contribution >= 0.6 is 15.9 Å². The number of amides is 1. The highest BCUT2D eigenvalue weighted by Gasteiger charge is 2.36. The molecular formula is C16H13BrN2O5. The minimum Gasteiger partial charge on any atom is -0.459 e. The van der Waals surface area contributed by atoms with E-state index in [1.54, 1.807) is 30.3 Å². The first kappa shape index (κ1) is 16.3. The van der Waals surface area contributed by atoms with Crippen LogP contribution in [0.5, 0.6) is 5.75 Å². The lowest BCUT2D eigenvalue weighted by Gasteiger charge is -2.21. The highest BCUT2D eigenvalue weighted by molar-refractivity contribution is 9.10. The van der Waals surface area contributed by atoms with Crippen molar-refractivity contribution in [1.82, 2.24) is 5.01 Å². The average Bonchev–Trinajstić information content (AvgIpc) is 3.16. The summed E-state index contributed by atoms with van der Waals surface area (Å²) in [5.74, 6) is 0.0630. The molecule has 1 amide bonds. The van der Waals surface area contributed by atoms with Crippen molar-refractivity contribution >= 4 is 33.7 Å². The Hall–Kier alpha value is -2.61. The van der Waals surface area contributed by atoms with Crippen molar-refractivity contribution < 1.29 is 23.5 Å². The van der Waals surface area contributed by atoms with Crippen molar-refractivity contribution in [2.75, 3.05) is 0 Å². The molecule has 0 radical (unpaired) electrons. The van der Waals surface area contributed by atoms with Crippen molar-refractivity contribution in [3.05, 3.63) is 52.4 Å². The summed E-state index contributed by atoms with van der Waals surface area (Å²) in [6.45, 7) is 2.67. The molecule has 0 unspecified atom stereocenters. The molecule has 1 aromatic heterocycles. The molecular weight excluding hydrogens is 380 g/mol. The van der Waals surface area contributed by atoms with E-state index in [1.165, 1.54) is 25.1 Å². The second kappa shape index (κ2) is 6.48. The van der Waals surface area contributed by atoms with Crippen molar-refractivity contribution in [3.8, 4) is 5.75 Å². The third kappa shape index (κ3) is 3.18. The normalized spacial score (nSPS) is 16.5. The van der Waals surface area contributed by atoms with Crippen LogP contribution in [-0.4, -0.2) is 22.8 Å². The van der Waals surface area contributed by atoms with E-state index in [4.69, 9.17) is 13.9 Å². The maximum Gasteiger partial charge on any atom is 0.308 e. The minimum absolute atomic E-state index is 0.175. The zero-order valence-electron chi connectivity index (χ0n) is 12.9. The van der Waals surface area contributed by atoms with Crippen molar-refractivity contribution in [1.29, 1.82) is 0 Å². The van der Waals surface area contributed by atoms with Crippen LogP contribution in [0.15, 0.2) is 50.6 Å². The molecule has 0 fully saturated rings. The van der Waals surface area contributed by atoms with E-state index in [0.717, 1.165) is 4.47 Å². The lowest BCUT2D eigenvalue weighted by molar-refractivity contribution is -0.135. The highest BCUT2D eigenvalue weighted by Crippen LogP contribution is 2.37. The smallest absolute Gasteiger partial charge is 0.308 e. The summed E-state index contributed by atoms with van der Waals surface area (Å²) >= 11 is 3.37. The van der Waals surface area contributed by atoms with Crippen LogP contribution in [-0.2, 0) is 14.3 Å².